The summed E-state index contributed by atoms with van der Waals surface area (Å²) < 4.78 is 20.0. The van der Waals surface area contributed by atoms with Crippen LogP contribution in [0.5, 0.6) is 0 Å². The molecule has 0 unspecified atom stereocenters. The molecule has 0 spiro atoms. The van der Waals surface area contributed by atoms with E-state index in [1.54, 1.807) is 20.3 Å². The molecule has 0 radical (unpaired) electrons. The number of hydrogen-bond acceptors (Lipinski definition) is 6. The Morgan fingerprint density at radius 3 is 2.37 bits per heavy atom. The first-order chi connectivity index (χ1) is 9.22. The highest BCUT2D eigenvalue weighted by Gasteiger charge is 2.18. The minimum atomic E-state index is -0.460. The maximum atomic E-state index is 11.5. The second-order valence-electron chi connectivity index (χ2n) is 4.03. The van der Waals surface area contributed by atoms with Crippen molar-refractivity contribution in [1.29, 1.82) is 0 Å². The van der Waals surface area contributed by atoms with E-state index < -0.39 is 5.97 Å². The molecule has 0 aliphatic heterocycles. The lowest BCUT2D eigenvalue weighted by Crippen LogP contribution is -2.30. The molecule has 1 rings (SSSR count). The number of ether oxygens (including phenoxy) is 3. The van der Waals surface area contributed by atoms with Crippen molar-refractivity contribution in [2.24, 2.45) is 0 Å². The summed E-state index contributed by atoms with van der Waals surface area (Å²) in [5.74, 6) is -0.208. The molecule has 0 saturated heterocycles. The van der Waals surface area contributed by atoms with Crippen LogP contribution < -0.4 is 0 Å². The van der Waals surface area contributed by atoms with E-state index in [0.717, 1.165) is 18.7 Å². The van der Waals surface area contributed by atoms with Gasteiger partial charge in [-0.25, -0.2) is 4.79 Å². The molecule has 0 amide bonds. The molecule has 108 valence electrons. The highest BCUT2D eigenvalue weighted by atomic mass is 16.5. The molecule has 0 saturated carbocycles. The van der Waals surface area contributed by atoms with Gasteiger partial charge in [0.15, 0.2) is 0 Å². The van der Waals surface area contributed by atoms with Crippen LogP contribution in [0.2, 0.25) is 0 Å². The largest absolute Gasteiger partial charge is 0.463 e. The molecule has 0 aliphatic carbocycles. The lowest BCUT2D eigenvalue weighted by Gasteiger charge is -2.21. The SMILES string of the molecule is COCCN(CCOC)Cc1ccoc1C(=O)OC. The molecule has 0 aromatic carbocycles. The molecule has 1 aromatic heterocycles. The smallest absolute Gasteiger partial charge is 0.374 e. The monoisotopic (exact) mass is 271 g/mol. The lowest BCUT2D eigenvalue weighted by atomic mass is 10.2. The summed E-state index contributed by atoms with van der Waals surface area (Å²) in [6.45, 7) is 3.34. The number of nitrogens with zero attached hydrogens (tertiary/aromatic N) is 1. The summed E-state index contributed by atoms with van der Waals surface area (Å²) in [5, 5.41) is 0. The standard InChI is InChI=1S/C13H21NO5/c1-16-8-5-14(6-9-17-2)10-11-4-7-19-12(11)13(15)18-3/h4,7H,5-6,8-10H2,1-3H3. The van der Waals surface area contributed by atoms with Gasteiger partial charge in [-0.3, -0.25) is 4.90 Å². The molecule has 1 aromatic rings. The van der Waals surface area contributed by atoms with Gasteiger partial charge in [-0.2, -0.15) is 0 Å². The van der Waals surface area contributed by atoms with E-state index in [2.05, 4.69) is 9.64 Å². The van der Waals surface area contributed by atoms with Crippen LogP contribution in [0, 0.1) is 0 Å². The van der Waals surface area contributed by atoms with Gasteiger partial charge in [0, 0.05) is 39.4 Å². The predicted octanol–water partition coefficient (Wildman–Crippen LogP) is 1.16. The summed E-state index contributed by atoms with van der Waals surface area (Å²) in [5.41, 5.74) is 0.805. The second-order valence-corrected chi connectivity index (χ2v) is 4.03. The van der Waals surface area contributed by atoms with Crippen LogP contribution in [0.25, 0.3) is 0 Å². The zero-order chi connectivity index (χ0) is 14.1. The van der Waals surface area contributed by atoms with Crippen LogP contribution in [-0.4, -0.2) is 58.5 Å². The van der Waals surface area contributed by atoms with Crippen LogP contribution in [0.3, 0.4) is 0 Å². The number of rotatable bonds is 9. The molecule has 19 heavy (non-hydrogen) atoms. The predicted molar refractivity (Wildman–Crippen MR) is 69.1 cm³/mol. The Morgan fingerprint density at radius 2 is 1.84 bits per heavy atom. The molecule has 0 atom stereocenters. The van der Waals surface area contributed by atoms with Gasteiger partial charge in [-0.15, -0.1) is 0 Å². The van der Waals surface area contributed by atoms with Gasteiger partial charge in [0.2, 0.25) is 5.76 Å². The van der Waals surface area contributed by atoms with E-state index in [1.807, 2.05) is 0 Å². The van der Waals surface area contributed by atoms with Gasteiger partial charge >= 0.3 is 5.97 Å². The highest BCUT2D eigenvalue weighted by Crippen LogP contribution is 2.14. The molecule has 6 heteroatoms. The Labute approximate surface area is 113 Å². The zero-order valence-electron chi connectivity index (χ0n) is 11.7. The van der Waals surface area contributed by atoms with Crippen LogP contribution in [-0.2, 0) is 20.8 Å². The van der Waals surface area contributed by atoms with Crippen molar-refractivity contribution in [3.8, 4) is 0 Å². The van der Waals surface area contributed by atoms with E-state index >= 15 is 0 Å². The first-order valence-electron chi connectivity index (χ1n) is 6.07. The lowest BCUT2D eigenvalue weighted by molar-refractivity contribution is 0.0560. The maximum Gasteiger partial charge on any atom is 0.374 e. The molecule has 0 N–H and O–H groups in total. The van der Waals surface area contributed by atoms with Crippen molar-refractivity contribution >= 4 is 5.97 Å². The van der Waals surface area contributed by atoms with Crippen LogP contribution in [0.4, 0.5) is 0 Å². The van der Waals surface area contributed by atoms with Crippen molar-refractivity contribution < 1.29 is 23.4 Å². The first kappa shape index (κ1) is 15.7. The average molecular weight is 271 g/mol. The molecular formula is C13H21NO5. The third-order valence-electron chi connectivity index (χ3n) is 2.73. The van der Waals surface area contributed by atoms with Gasteiger partial charge in [-0.05, 0) is 6.07 Å². The first-order valence-corrected chi connectivity index (χ1v) is 6.07. The molecule has 6 nitrogen and oxygen atoms in total. The Kier molecular flexibility index (Phi) is 7.17. The van der Waals surface area contributed by atoms with Gasteiger partial charge in [0.1, 0.15) is 0 Å². The Bertz CT molecular complexity index is 369. The maximum absolute atomic E-state index is 11.5. The van der Waals surface area contributed by atoms with E-state index in [-0.39, 0.29) is 5.76 Å². The number of furan rings is 1. The van der Waals surface area contributed by atoms with Gasteiger partial charge < -0.3 is 18.6 Å². The minimum Gasteiger partial charge on any atom is -0.463 e. The summed E-state index contributed by atoms with van der Waals surface area (Å²) >= 11 is 0. The Hall–Kier alpha value is -1.37. The van der Waals surface area contributed by atoms with Gasteiger partial charge in [0.05, 0.1) is 26.6 Å². The van der Waals surface area contributed by atoms with E-state index in [9.17, 15) is 4.79 Å². The van der Waals surface area contributed by atoms with Crippen LogP contribution in [0.15, 0.2) is 16.7 Å². The van der Waals surface area contributed by atoms with Crippen molar-refractivity contribution in [3.63, 3.8) is 0 Å². The second kappa shape index (κ2) is 8.68. The third kappa shape index (κ3) is 5.02. The van der Waals surface area contributed by atoms with Crippen molar-refractivity contribution in [2.75, 3.05) is 47.6 Å². The fourth-order valence-electron chi connectivity index (χ4n) is 1.68. The fourth-order valence-corrected chi connectivity index (χ4v) is 1.68. The van der Waals surface area contributed by atoms with E-state index in [0.29, 0.717) is 19.8 Å². The Morgan fingerprint density at radius 1 is 1.21 bits per heavy atom. The number of hydrogen-bond donors (Lipinski definition) is 0. The van der Waals surface area contributed by atoms with E-state index in [1.165, 1.54) is 13.4 Å². The molecule has 0 fully saturated rings. The van der Waals surface area contributed by atoms with Gasteiger partial charge in [0.25, 0.3) is 0 Å². The Balaban J connectivity index is 2.66. The quantitative estimate of drug-likeness (QED) is 0.628. The normalized spacial score (nSPS) is 10.9. The molecular weight excluding hydrogens is 250 g/mol. The molecule has 0 bridgehead atoms. The minimum absolute atomic E-state index is 0.252. The number of carbonyl (C=O) groups is 1. The molecule has 1 heterocycles. The summed E-state index contributed by atoms with van der Waals surface area (Å²) in [4.78, 5) is 13.7. The summed E-state index contributed by atoms with van der Waals surface area (Å²) in [7, 11) is 4.65. The number of methoxy groups -OCH3 is 3. The third-order valence-corrected chi connectivity index (χ3v) is 2.73. The fraction of sp³-hybridized carbons (Fsp3) is 0.615. The topological polar surface area (TPSA) is 61.1 Å². The number of esters is 1. The molecule has 0 aliphatic rings. The zero-order valence-corrected chi connectivity index (χ0v) is 11.7. The van der Waals surface area contributed by atoms with Gasteiger partial charge in [-0.1, -0.05) is 0 Å². The van der Waals surface area contributed by atoms with Crippen molar-refractivity contribution in [3.05, 3.63) is 23.7 Å². The van der Waals surface area contributed by atoms with E-state index in [4.69, 9.17) is 13.9 Å². The number of carbonyl (C=O) groups excluding carboxylic acids is 1. The highest BCUT2D eigenvalue weighted by molar-refractivity contribution is 5.87. The van der Waals surface area contributed by atoms with Crippen molar-refractivity contribution in [2.45, 2.75) is 6.54 Å². The van der Waals surface area contributed by atoms with Crippen LogP contribution >= 0.6 is 0 Å². The van der Waals surface area contributed by atoms with Crippen molar-refractivity contribution in [1.82, 2.24) is 4.90 Å². The summed E-state index contributed by atoms with van der Waals surface area (Å²) in [6, 6.07) is 1.78. The summed E-state index contributed by atoms with van der Waals surface area (Å²) in [6.07, 6.45) is 1.49. The average Bonchev–Trinajstić information content (AvgIpc) is 2.89. The van der Waals surface area contributed by atoms with Crippen LogP contribution in [0.1, 0.15) is 16.1 Å².